The molecule has 0 aromatic heterocycles. The second kappa shape index (κ2) is 5.79. The number of Topliss-reactive ketones (excluding diaryl/α,β-unsaturated/α-hetero) is 1. The van der Waals surface area contributed by atoms with Crippen LogP contribution in [0, 0.1) is 18.6 Å². The van der Waals surface area contributed by atoms with Crippen LogP contribution < -0.4 is 10.2 Å². The molecule has 1 N–H and O–H groups in total. The molecular weight excluding hydrogens is 302 g/mol. The van der Waals surface area contributed by atoms with Crippen LogP contribution in [-0.4, -0.2) is 24.8 Å². The van der Waals surface area contributed by atoms with Crippen molar-refractivity contribution in [2.24, 2.45) is 0 Å². The largest absolute Gasteiger partial charge is 0.374 e. The van der Waals surface area contributed by atoms with Gasteiger partial charge in [-0.15, -0.1) is 0 Å². The number of hydrogen-bond acceptors (Lipinski definition) is 3. The highest BCUT2D eigenvalue weighted by Gasteiger charge is 2.26. The summed E-state index contributed by atoms with van der Waals surface area (Å²) in [6, 6.07) is 8.04. The van der Waals surface area contributed by atoms with Gasteiger partial charge in [0.05, 0.1) is 24.5 Å². The van der Waals surface area contributed by atoms with E-state index in [0.29, 0.717) is 22.5 Å². The summed E-state index contributed by atoms with van der Waals surface area (Å²) in [6.07, 6.45) is 0. The van der Waals surface area contributed by atoms with Gasteiger partial charge in [0.25, 0.3) is 0 Å². The van der Waals surface area contributed by atoms with Crippen LogP contribution >= 0.6 is 0 Å². The summed E-state index contributed by atoms with van der Waals surface area (Å²) >= 11 is 0. The lowest BCUT2D eigenvalue weighted by molar-refractivity contribution is -0.117. The summed E-state index contributed by atoms with van der Waals surface area (Å²) in [5.74, 6) is -1.40. The molecule has 0 saturated heterocycles. The van der Waals surface area contributed by atoms with E-state index in [1.807, 2.05) is 0 Å². The SMILES string of the molecule is Cc1cc(C(=O)CN2C(=O)CNc3cc(F)ccc32)ccc1F. The normalized spacial score (nSPS) is 13.5. The molecule has 2 aromatic carbocycles. The summed E-state index contributed by atoms with van der Waals surface area (Å²) < 4.78 is 26.6. The molecule has 1 amide bonds. The van der Waals surface area contributed by atoms with Crippen molar-refractivity contribution in [2.45, 2.75) is 6.92 Å². The molecule has 1 aliphatic heterocycles. The molecule has 1 heterocycles. The van der Waals surface area contributed by atoms with Crippen LogP contribution in [0.3, 0.4) is 0 Å². The van der Waals surface area contributed by atoms with Crippen molar-refractivity contribution in [2.75, 3.05) is 23.3 Å². The molecule has 0 radical (unpaired) electrons. The zero-order valence-electron chi connectivity index (χ0n) is 12.4. The number of nitrogens with zero attached hydrogens (tertiary/aromatic N) is 1. The van der Waals surface area contributed by atoms with E-state index >= 15 is 0 Å². The van der Waals surface area contributed by atoms with Crippen LogP contribution in [0.1, 0.15) is 15.9 Å². The van der Waals surface area contributed by atoms with Gasteiger partial charge in [0.15, 0.2) is 5.78 Å². The van der Waals surface area contributed by atoms with E-state index in [1.54, 1.807) is 6.92 Å². The Morgan fingerprint density at radius 1 is 1.22 bits per heavy atom. The van der Waals surface area contributed by atoms with Crippen LogP contribution in [0.4, 0.5) is 20.2 Å². The Balaban J connectivity index is 1.88. The first-order chi connectivity index (χ1) is 11.0. The van der Waals surface area contributed by atoms with Gasteiger partial charge in [-0.1, -0.05) is 0 Å². The fourth-order valence-electron chi connectivity index (χ4n) is 2.51. The van der Waals surface area contributed by atoms with Crippen LogP contribution in [0.2, 0.25) is 0 Å². The van der Waals surface area contributed by atoms with Crippen LogP contribution in [0.25, 0.3) is 0 Å². The molecule has 0 spiro atoms. The van der Waals surface area contributed by atoms with Gasteiger partial charge >= 0.3 is 0 Å². The number of aryl methyl sites for hydroxylation is 1. The maximum Gasteiger partial charge on any atom is 0.246 e. The van der Waals surface area contributed by atoms with Crippen molar-refractivity contribution in [3.05, 3.63) is 59.2 Å². The highest BCUT2D eigenvalue weighted by molar-refractivity contribution is 6.09. The first kappa shape index (κ1) is 15.1. The fourth-order valence-corrected chi connectivity index (χ4v) is 2.51. The predicted molar refractivity (Wildman–Crippen MR) is 82.7 cm³/mol. The second-order valence-electron chi connectivity index (χ2n) is 5.38. The standard InChI is InChI=1S/C17H14F2N2O2/c1-10-6-11(2-4-13(10)19)16(22)9-21-15-5-3-12(18)7-14(15)20-8-17(21)23/h2-7,20H,8-9H2,1H3. The summed E-state index contributed by atoms with van der Waals surface area (Å²) in [5, 5.41) is 2.82. The predicted octanol–water partition coefficient (Wildman–Crippen LogP) is 2.91. The molecule has 2 aromatic rings. The summed E-state index contributed by atoms with van der Waals surface area (Å²) in [7, 11) is 0. The number of carbonyl (C=O) groups excluding carboxylic acids is 2. The molecule has 6 heteroatoms. The van der Waals surface area contributed by atoms with E-state index in [4.69, 9.17) is 0 Å². The number of halogens is 2. The van der Waals surface area contributed by atoms with Crippen LogP contribution in [-0.2, 0) is 4.79 Å². The van der Waals surface area contributed by atoms with E-state index in [0.717, 1.165) is 0 Å². The number of rotatable bonds is 3. The van der Waals surface area contributed by atoms with Gasteiger partial charge in [-0.3, -0.25) is 9.59 Å². The highest BCUT2D eigenvalue weighted by atomic mass is 19.1. The molecule has 3 rings (SSSR count). The lowest BCUT2D eigenvalue weighted by Crippen LogP contribution is -2.42. The molecule has 0 bridgehead atoms. The molecule has 4 nitrogen and oxygen atoms in total. The summed E-state index contributed by atoms with van der Waals surface area (Å²) in [6.45, 7) is 1.39. The molecule has 118 valence electrons. The lowest BCUT2D eigenvalue weighted by atomic mass is 10.1. The fraction of sp³-hybridized carbons (Fsp3) is 0.176. The van der Waals surface area contributed by atoms with Gasteiger partial charge in [0.2, 0.25) is 5.91 Å². The number of benzene rings is 2. The first-order valence-corrected chi connectivity index (χ1v) is 7.09. The number of carbonyl (C=O) groups is 2. The molecule has 23 heavy (non-hydrogen) atoms. The van der Waals surface area contributed by atoms with Gasteiger partial charge in [0.1, 0.15) is 11.6 Å². The molecule has 0 aliphatic carbocycles. The molecular formula is C17H14F2N2O2. The zero-order valence-corrected chi connectivity index (χ0v) is 12.4. The van der Waals surface area contributed by atoms with Crippen LogP contribution in [0.15, 0.2) is 36.4 Å². The Labute approximate surface area is 131 Å². The number of amides is 1. The van der Waals surface area contributed by atoms with Gasteiger partial charge in [-0.25, -0.2) is 8.78 Å². The third-order valence-electron chi connectivity index (χ3n) is 3.76. The molecule has 0 fully saturated rings. The Kier molecular flexibility index (Phi) is 3.82. The minimum absolute atomic E-state index is 0.00776. The van der Waals surface area contributed by atoms with Gasteiger partial charge < -0.3 is 10.2 Å². The number of hydrogen-bond donors (Lipinski definition) is 1. The monoisotopic (exact) mass is 316 g/mol. The third-order valence-corrected chi connectivity index (χ3v) is 3.76. The Hall–Kier alpha value is -2.76. The Bertz CT molecular complexity index is 805. The topological polar surface area (TPSA) is 49.4 Å². The average Bonchev–Trinajstić information content (AvgIpc) is 2.52. The van der Waals surface area contributed by atoms with Crippen molar-refractivity contribution in [3.8, 4) is 0 Å². The average molecular weight is 316 g/mol. The maximum absolute atomic E-state index is 13.3. The molecule has 0 atom stereocenters. The molecule has 0 saturated carbocycles. The van der Waals surface area contributed by atoms with Gasteiger partial charge in [-0.05, 0) is 48.9 Å². The maximum atomic E-state index is 13.3. The number of anilines is 2. The third kappa shape index (κ3) is 2.92. The Morgan fingerprint density at radius 2 is 2.00 bits per heavy atom. The van der Waals surface area contributed by atoms with E-state index in [1.165, 1.54) is 41.3 Å². The minimum atomic E-state index is -0.425. The van der Waals surface area contributed by atoms with Crippen molar-refractivity contribution < 1.29 is 18.4 Å². The molecule has 0 unspecified atom stereocenters. The summed E-state index contributed by atoms with van der Waals surface area (Å²) in [4.78, 5) is 25.8. The van der Waals surface area contributed by atoms with E-state index in [2.05, 4.69) is 5.32 Å². The smallest absolute Gasteiger partial charge is 0.246 e. The lowest BCUT2D eigenvalue weighted by Gasteiger charge is -2.29. The van der Waals surface area contributed by atoms with Crippen molar-refractivity contribution >= 4 is 23.1 Å². The second-order valence-corrected chi connectivity index (χ2v) is 5.38. The first-order valence-electron chi connectivity index (χ1n) is 7.09. The quantitative estimate of drug-likeness (QED) is 0.886. The number of nitrogens with one attached hydrogen (secondary N) is 1. The zero-order chi connectivity index (χ0) is 16.6. The van der Waals surface area contributed by atoms with Gasteiger partial charge in [-0.2, -0.15) is 0 Å². The summed E-state index contributed by atoms with van der Waals surface area (Å²) in [5.41, 5.74) is 1.62. The van der Waals surface area contributed by atoms with E-state index < -0.39 is 5.82 Å². The van der Waals surface area contributed by atoms with Crippen molar-refractivity contribution in [1.82, 2.24) is 0 Å². The highest BCUT2D eigenvalue weighted by Crippen LogP contribution is 2.30. The number of ketones is 1. The Morgan fingerprint density at radius 3 is 2.74 bits per heavy atom. The molecule has 1 aliphatic rings. The van der Waals surface area contributed by atoms with Crippen LogP contribution in [0.5, 0.6) is 0 Å². The number of fused-ring (bicyclic) bond motifs is 1. The van der Waals surface area contributed by atoms with Gasteiger partial charge in [0, 0.05) is 5.56 Å². The van der Waals surface area contributed by atoms with Crippen molar-refractivity contribution in [3.63, 3.8) is 0 Å². The minimum Gasteiger partial charge on any atom is -0.374 e. The van der Waals surface area contributed by atoms with E-state index in [9.17, 15) is 18.4 Å². The van der Waals surface area contributed by atoms with Crippen molar-refractivity contribution in [1.29, 1.82) is 0 Å². The van der Waals surface area contributed by atoms with E-state index in [-0.39, 0.29) is 30.6 Å².